The second-order valence-electron chi connectivity index (χ2n) is 7.60. The highest BCUT2D eigenvalue weighted by Crippen LogP contribution is 2.34. The molecule has 0 saturated heterocycles. The van der Waals surface area contributed by atoms with E-state index < -0.39 is 5.63 Å². The van der Waals surface area contributed by atoms with Crippen LogP contribution in [0.15, 0.2) is 69.9 Å². The summed E-state index contributed by atoms with van der Waals surface area (Å²) in [4.78, 5) is 32.5. The molecule has 0 atom stereocenters. The Hall–Kier alpha value is -3.65. The molecule has 0 fully saturated rings. The molecule has 0 bridgehead atoms. The number of carbonyl (C=O) groups excluding carboxylic acids is 1. The third-order valence-electron chi connectivity index (χ3n) is 5.33. The van der Waals surface area contributed by atoms with Crippen LogP contribution < -0.4 is 10.9 Å². The predicted molar refractivity (Wildman–Crippen MR) is 133 cm³/mol. The smallest absolute Gasteiger partial charge is 0.336 e. The zero-order valence-electron chi connectivity index (χ0n) is 17.8. The maximum absolute atomic E-state index is 12.9. The molecular formula is C25H17Cl2N3O4. The molecule has 0 radical (unpaired) electrons. The molecule has 0 aliphatic heterocycles. The van der Waals surface area contributed by atoms with Crippen LogP contribution in [0.1, 0.15) is 15.9 Å². The number of ether oxygens (including phenoxy) is 1. The second-order valence-corrected chi connectivity index (χ2v) is 8.42. The average Bonchev–Trinajstić information content (AvgIpc) is 3.21. The van der Waals surface area contributed by atoms with E-state index in [4.69, 9.17) is 32.4 Å². The number of aromatic nitrogens is 2. The molecule has 2 heterocycles. The van der Waals surface area contributed by atoms with Crippen LogP contribution >= 0.6 is 23.2 Å². The number of halogens is 2. The Bertz CT molecular complexity index is 1600. The Balaban J connectivity index is 1.44. The van der Waals surface area contributed by atoms with E-state index in [0.717, 1.165) is 5.39 Å². The van der Waals surface area contributed by atoms with E-state index in [1.165, 1.54) is 6.07 Å². The molecule has 2 N–H and O–H groups in total. The van der Waals surface area contributed by atoms with Crippen molar-refractivity contribution in [1.82, 2.24) is 9.97 Å². The van der Waals surface area contributed by atoms with Crippen LogP contribution in [-0.4, -0.2) is 23.0 Å². The lowest BCUT2D eigenvalue weighted by Crippen LogP contribution is -2.12. The Labute approximate surface area is 203 Å². The van der Waals surface area contributed by atoms with E-state index in [-0.39, 0.29) is 12.5 Å². The van der Waals surface area contributed by atoms with E-state index >= 15 is 0 Å². The van der Waals surface area contributed by atoms with E-state index in [1.807, 2.05) is 0 Å². The molecule has 5 aromatic rings. The van der Waals surface area contributed by atoms with Gasteiger partial charge in [0.15, 0.2) is 0 Å². The van der Waals surface area contributed by atoms with E-state index in [2.05, 4.69) is 15.3 Å². The molecule has 0 spiro atoms. The Morgan fingerprint density at radius 2 is 1.88 bits per heavy atom. The number of aromatic amines is 1. The molecule has 0 saturated carbocycles. The summed E-state index contributed by atoms with van der Waals surface area (Å²) in [5.41, 5.74) is 3.42. The number of hydrogen-bond donors (Lipinski definition) is 2. The lowest BCUT2D eigenvalue weighted by Gasteiger charge is -2.08. The third kappa shape index (κ3) is 4.17. The van der Waals surface area contributed by atoms with Crippen molar-refractivity contribution in [2.24, 2.45) is 0 Å². The summed E-state index contributed by atoms with van der Waals surface area (Å²) < 4.78 is 10.4. The van der Waals surface area contributed by atoms with Crippen LogP contribution in [0.2, 0.25) is 10.0 Å². The summed E-state index contributed by atoms with van der Waals surface area (Å²) in [6, 6.07) is 16.9. The molecule has 3 aromatic carbocycles. The summed E-state index contributed by atoms with van der Waals surface area (Å²) in [6.07, 6.45) is 0. The number of benzene rings is 3. The Morgan fingerprint density at radius 1 is 1.09 bits per heavy atom. The zero-order valence-corrected chi connectivity index (χ0v) is 19.3. The normalized spacial score (nSPS) is 11.3. The number of carbonyl (C=O) groups is 1. The molecule has 9 heteroatoms. The number of amides is 1. The second kappa shape index (κ2) is 8.95. The quantitative estimate of drug-likeness (QED) is 0.290. The van der Waals surface area contributed by atoms with Gasteiger partial charge in [-0.2, -0.15) is 0 Å². The number of fused-ring (bicyclic) bond motifs is 2. The zero-order chi connectivity index (χ0) is 23.8. The largest absolute Gasteiger partial charge is 0.423 e. The molecule has 0 aliphatic carbocycles. The first-order valence-electron chi connectivity index (χ1n) is 10.2. The van der Waals surface area contributed by atoms with E-state index in [9.17, 15) is 9.59 Å². The van der Waals surface area contributed by atoms with Gasteiger partial charge in [-0.1, -0.05) is 29.3 Å². The van der Waals surface area contributed by atoms with Crippen LogP contribution in [0, 0.1) is 0 Å². The number of methoxy groups -OCH3 is 1. The summed E-state index contributed by atoms with van der Waals surface area (Å²) in [5.74, 6) is 0.183. The maximum atomic E-state index is 12.9. The molecule has 1 amide bonds. The fourth-order valence-corrected chi connectivity index (χ4v) is 4.36. The van der Waals surface area contributed by atoms with Crippen molar-refractivity contribution in [3.63, 3.8) is 0 Å². The summed E-state index contributed by atoms with van der Waals surface area (Å²) >= 11 is 12.6. The first kappa shape index (κ1) is 22.2. The van der Waals surface area contributed by atoms with Gasteiger partial charge in [-0.3, -0.25) is 4.79 Å². The fraction of sp³-hybridized carbons (Fsp3) is 0.0800. The fourth-order valence-electron chi connectivity index (χ4n) is 3.78. The minimum Gasteiger partial charge on any atom is -0.423 e. The summed E-state index contributed by atoms with van der Waals surface area (Å²) in [5, 5.41) is 4.52. The lowest BCUT2D eigenvalue weighted by atomic mass is 10.1. The number of nitrogens with one attached hydrogen (secondary N) is 2. The number of rotatable bonds is 5. The SMILES string of the molecule is COCc1cc(=O)oc2cc(NC(=O)c3ccc4nc(-c5c(Cl)cccc5Cl)[nH]c4c3)ccc12. The van der Waals surface area contributed by atoms with Gasteiger partial charge >= 0.3 is 5.63 Å². The van der Waals surface area contributed by atoms with Gasteiger partial charge in [0.2, 0.25) is 0 Å². The van der Waals surface area contributed by atoms with Crippen molar-refractivity contribution in [2.45, 2.75) is 6.61 Å². The monoisotopic (exact) mass is 493 g/mol. The Morgan fingerprint density at radius 3 is 2.65 bits per heavy atom. The predicted octanol–water partition coefficient (Wildman–Crippen LogP) is 6.04. The summed E-state index contributed by atoms with van der Waals surface area (Å²) in [7, 11) is 1.55. The van der Waals surface area contributed by atoms with Gasteiger partial charge in [-0.25, -0.2) is 9.78 Å². The third-order valence-corrected chi connectivity index (χ3v) is 5.96. The maximum Gasteiger partial charge on any atom is 0.336 e. The number of hydrogen-bond acceptors (Lipinski definition) is 5. The first-order valence-corrected chi connectivity index (χ1v) is 11.0. The number of anilines is 1. The van der Waals surface area contributed by atoms with Gasteiger partial charge in [-0.15, -0.1) is 0 Å². The molecular weight excluding hydrogens is 477 g/mol. The molecule has 170 valence electrons. The van der Waals surface area contributed by atoms with Gasteiger partial charge in [0, 0.05) is 35.9 Å². The van der Waals surface area contributed by atoms with Crippen molar-refractivity contribution in [1.29, 1.82) is 0 Å². The van der Waals surface area contributed by atoms with E-state index in [1.54, 1.807) is 61.7 Å². The van der Waals surface area contributed by atoms with Crippen LogP contribution in [0.3, 0.4) is 0 Å². The van der Waals surface area contributed by atoms with Gasteiger partial charge in [-0.05, 0) is 48.0 Å². The molecule has 7 nitrogen and oxygen atoms in total. The van der Waals surface area contributed by atoms with Crippen molar-refractivity contribution >= 4 is 56.8 Å². The van der Waals surface area contributed by atoms with Crippen molar-refractivity contribution in [3.05, 3.63) is 92.3 Å². The molecule has 5 rings (SSSR count). The van der Waals surface area contributed by atoms with Gasteiger partial charge < -0.3 is 19.5 Å². The van der Waals surface area contributed by atoms with Crippen molar-refractivity contribution in [2.75, 3.05) is 12.4 Å². The van der Waals surface area contributed by atoms with Gasteiger partial charge in [0.25, 0.3) is 5.91 Å². The standard InChI is InChI=1S/C25H17Cl2N3O4/c1-33-12-14-10-22(31)34-21-11-15(6-7-16(14)21)28-25(32)13-5-8-19-20(9-13)30-24(29-19)23-17(26)3-2-4-18(23)27/h2-11H,12H2,1H3,(H,28,32)(H,29,30). The molecule has 34 heavy (non-hydrogen) atoms. The minimum absolute atomic E-state index is 0.277. The molecule has 0 unspecified atom stereocenters. The van der Waals surface area contributed by atoms with Crippen molar-refractivity contribution < 1.29 is 13.9 Å². The van der Waals surface area contributed by atoms with E-state index in [0.29, 0.717) is 54.9 Å². The molecule has 2 aromatic heterocycles. The lowest BCUT2D eigenvalue weighted by molar-refractivity contribution is 0.102. The van der Waals surface area contributed by atoms with Crippen LogP contribution in [0.25, 0.3) is 33.4 Å². The highest BCUT2D eigenvalue weighted by Gasteiger charge is 2.15. The van der Waals surface area contributed by atoms with Crippen molar-refractivity contribution in [3.8, 4) is 11.4 Å². The van der Waals surface area contributed by atoms with Gasteiger partial charge in [0.05, 0.1) is 33.2 Å². The van der Waals surface area contributed by atoms with Gasteiger partial charge in [0.1, 0.15) is 11.4 Å². The van der Waals surface area contributed by atoms with Crippen LogP contribution in [-0.2, 0) is 11.3 Å². The summed E-state index contributed by atoms with van der Waals surface area (Å²) in [6.45, 7) is 0.277. The number of H-pyrrole nitrogens is 1. The van der Waals surface area contributed by atoms with Crippen LogP contribution in [0.5, 0.6) is 0 Å². The van der Waals surface area contributed by atoms with Crippen LogP contribution in [0.4, 0.5) is 5.69 Å². The first-order chi connectivity index (χ1) is 16.4. The highest BCUT2D eigenvalue weighted by atomic mass is 35.5. The number of nitrogens with zero attached hydrogens (tertiary/aromatic N) is 1. The molecule has 0 aliphatic rings. The minimum atomic E-state index is -0.484. The average molecular weight is 494 g/mol. The topological polar surface area (TPSA) is 97.2 Å². The highest BCUT2D eigenvalue weighted by molar-refractivity contribution is 6.39. The number of imidazole rings is 1. The Kier molecular flexibility index (Phi) is 5.83.